The van der Waals surface area contributed by atoms with Crippen LogP contribution in [0.1, 0.15) is 49.0 Å². The predicted molar refractivity (Wildman–Crippen MR) is 125 cm³/mol. The number of carbonyl (C=O) groups excluding carboxylic acids is 3. The fourth-order valence-electron chi connectivity index (χ4n) is 4.06. The molecule has 1 fully saturated rings. The molecule has 0 saturated carbocycles. The van der Waals surface area contributed by atoms with Gasteiger partial charge in [0.1, 0.15) is 11.9 Å². The number of rotatable bonds is 8. The summed E-state index contributed by atoms with van der Waals surface area (Å²) >= 11 is 0. The number of hydrogen-bond donors (Lipinski definition) is 2. The summed E-state index contributed by atoms with van der Waals surface area (Å²) in [5, 5.41) is 5.70. The number of nitrogens with zero attached hydrogens (tertiary/aromatic N) is 1. The first-order valence-corrected chi connectivity index (χ1v) is 11.6. The topological polar surface area (TPSA) is 78.5 Å². The van der Waals surface area contributed by atoms with E-state index in [0.717, 1.165) is 12.0 Å². The number of piperidine rings is 1. The van der Waals surface area contributed by atoms with Crippen molar-refractivity contribution in [3.8, 4) is 0 Å². The molecule has 2 aromatic carbocycles. The van der Waals surface area contributed by atoms with Crippen molar-refractivity contribution in [1.29, 1.82) is 0 Å². The molecule has 176 valence electrons. The molecule has 0 bridgehead atoms. The van der Waals surface area contributed by atoms with Crippen molar-refractivity contribution in [3.05, 3.63) is 71.5 Å². The lowest BCUT2D eigenvalue weighted by atomic mass is 9.88. The van der Waals surface area contributed by atoms with Gasteiger partial charge in [-0.3, -0.25) is 14.4 Å². The van der Waals surface area contributed by atoms with Crippen molar-refractivity contribution < 1.29 is 18.8 Å². The summed E-state index contributed by atoms with van der Waals surface area (Å²) in [6.07, 6.45) is 2.26. The highest BCUT2D eigenvalue weighted by Crippen LogP contribution is 2.23. The second-order valence-electron chi connectivity index (χ2n) is 8.63. The van der Waals surface area contributed by atoms with Crippen molar-refractivity contribution in [2.45, 2.75) is 51.6 Å². The molecule has 6 nitrogen and oxygen atoms in total. The van der Waals surface area contributed by atoms with Crippen molar-refractivity contribution in [1.82, 2.24) is 15.5 Å². The lowest BCUT2D eigenvalue weighted by molar-refractivity contribution is -0.132. The van der Waals surface area contributed by atoms with E-state index in [9.17, 15) is 18.8 Å². The van der Waals surface area contributed by atoms with Crippen LogP contribution >= 0.6 is 0 Å². The molecule has 3 amide bonds. The zero-order valence-electron chi connectivity index (χ0n) is 19.2. The maximum Gasteiger partial charge on any atom is 0.254 e. The summed E-state index contributed by atoms with van der Waals surface area (Å²) in [5.41, 5.74) is 0.877. The molecule has 1 saturated heterocycles. The standard InChI is InChI=1S/C26H32FN3O3/c1-3-18(2)28-26(33)24(29-25(32)21-11-7-8-12-22(21)27)20-13-15-30(16-14-20)23(31)17-19-9-5-4-6-10-19/h4-12,18,20,24H,3,13-17H2,1-2H3,(H,28,33)(H,29,32). The quantitative estimate of drug-likeness (QED) is 0.644. The van der Waals surface area contributed by atoms with Gasteiger partial charge in [-0.1, -0.05) is 49.4 Å². The van der Waals surface area contributed by atoms with E-state index in [1.165, 1.54) is 18.2 Å². The van der Waals surface area contributed by atoms with Crippen LogP contribution in [-0.2, 0) is 16.0 Å². The van der Waals surface area contributed by atoms with Gasteiger partial charge in [-0.25, -0.2) is 4.39 Å². The minimum atomic E-state index is -0.794. The molecule has 1 aliphatic rings. The summed E-state index contributed by atoms with van der Waals surface area (Å²) in [4.78, 5) is 40.3. The minimum Gasteiger partial charge on any atom is -0.352 e. The fourth-order valence-corrected chi connectivity index (χ4v) is 4.06. The Morgan fingerprint density at radius 2 is 1.64 bits per heavy atom. The molecule has 0 radical (unpaired) electrons. The Hall–Kier alpha value is -3.22. The summed E-state index contributed by atoms with van der Waals surface area (Å²) in [5.74, 6) is -1.61. The maximum atomic E-state index is 14.1. The summed E-state index contributed by atoms with van der Waals surface area (Å²) in [7, 11) is 0. The highest BCUT2D eigenvalue weighted by atomic mass is 19.1. The van der Waals surface area contributed by atoms with Gasteiger partial charge in [-0.05, 0) is 49.8 Å². The van der Waals surface area contributed by atoms with Crippen LogP contribution < -0.4 is 10.6 Å². The van der Waals surface area contributed by atoms with E-state index in [4.69, 9.17) is 0 Å². The third-order valence-electron chi connectivity index (χ3n) is 6.25. The van der Waals surface area contributed by atoms with E-state index in [2.05, 4.69) is 10.6 Å². The second-order valence-corrected chi connectivity index (χ2v) is 8.63. The molecule has 0 aromatic heterocycles. The van der Waals surface area contributed by atoms with Gasteiger partial charge in [-0.2, -0.15) is 0 Å². The van der Waals surface area contributed by atoms with Gasteiger partial charge in [0.15, 0.2) is 0 Å². The van der Waals surface area contributed by atoms with Gasteiger partial charge in [0, 0.05) is 19.1 Å². The van der Waals surface area contributed by atoms with Gasteiger partial charge < -0.3 is 15.5 Å². The van der Waals surface area contributed by atoms with Crippen molar-refractivity contribution in [3.63, 3.8) is 0 Å². The van der Waals surface area contributed by atoms with Crippen LogP contribution in [0.25, 0.3) is 0 Å². The molecule has 7 heteroatoms. The summed E-state index contributed by atoms with van der Waals surface area (Å²) in [6.45, 7) is 4.89. The largest absolute Gasteiger partial charge is 0.352 e. The van der Waals surface area contributed by atoms with Crippen LogP contribution in [0, 0.1) is 11.7 Å². The zero-order chi connectivity index (χ0) is 23.8. The van der Waals surface area contributed by atoms with Crippen LogP contribution in [0.4, 0.5) is 4.39 Å². The van der Waals surface area contributed by atoms with Crippen LogP contribution in [0.3, 0.4) is 0 Å². The Labute approximate surface area is 194 Å². The molecule has 3 rings (SSSR count). The minimum absolute atomic E-state index is 0.0436. The van der Waals surface area contributed by atoms with Crippen LogP contribution in [0.15, 0.2) is 54.6 Å². The normalized spacial score (nSPS) is 16.0. The molecule has 2 atom stereocenters. The van der Waals surface area contributed by atoms with Crippen LogP contribution in [-0.4, -0.2) is 47.8 Å². The number of nitrogens with one attached hydrogen (secondary N) is 2. The van der Waals surface area contributed by atoms with Gasteiger partial charge in [-0.15, -0.1) is 0 Å². The van der Waals surface area contributed by atoms with Crippen molar-refractivity contribution >= 4 is 17.7 Å². The number of benzene rings is 2. The first-order valence-electron chi connectivity index (χ1n) is 11.6. The molecule has 1 heterocycles. The molecular weight excluding hydrogens is 421 g/mol. The average Bonchev–Trinajstić information content (AvgIpc) is 2.83. The highest BCUT2D eigenvalue weighted by molar-refractivity contribution is 5.97. The third kappa shape index (κ3) is 6.63. The number of likely N-dealkylation sites (tertiary alicyclic amines) is 1. The first-order chi connectivity index (χ1) is 15.9. The molecule has 0 spiro atoms. The fraction of sp³-hybridized carbons (Fsp3) is 0.423. The average molecular weight is 454 g/mol. The van der Waals surface area contributed by atoms with E-state index < -0.39 is 17.8 Å². The lowest BCUT2D eigenvalue weighted by Gasteiger charge is -2.36. The third-order valence-corrected chi connectivity index (χ3v) is 6.25. The first kappa shape index (κ1) is 24.4. The molecule has 1 aliphatic heterocycles. The monoisotopic (exact) mass is 453 g/mol. The Balaban J connectivity index is 1.66. The molecular formula is C26H32FN3O3. The van der Waals surface area contributed by atoms with Crippen molar-refractivity contribution in [2.24, 2.45) is 5.92 Å². The number of hydrogen-bond acceptors (Lipinski definition) is 3. The Morgan fingerprint density at radius 3 is 2.27 bits per heavy atom. The van der Waals surface area contributed by atoms with Gasteiger partial charge in [0.05, 0.1) is 12.0 Å². The molecule has 2 N–H and O–H groups in total. The Bertz CT molecular complexity index is 958. The van der Waals surface area contributed by atoms with E-state index in [-0.39, 0.29) is 29.3 Å². The Kier molecular flexibility index (Phi) is 8.58. The number of amides is 3. The molecule has 2 aromatic rings. The zero-order valence-corrected chi connectivity index (χ0v) is 19.2. The van der Waals surface area contributed by atoms with Gasteiger partial charge >= 0.3 is 0 Å². The molecule has 2 unspecified atom stereocenters. The lowest BCUT2D eigenvalue weighted by Crippen LogP contribution is -2.55. The van der Waals surface area contributed by atoms with E-state index in [1.807, 2.05) is 49.1 Å². The van der Waals surface area contributed by atoms with Gasteiger partial charge in [0.2, 0.25) is 11.8 Å². The van der Waals surface area contributed by atoms with Gasteiger partial charge in [0.25, 0.3) is 5.91 Å². The van der Waals surface area contributed by atoms with Crippen LogP contribution in [0.2, 0.25) is 0 Å². The van der Waals surface area contributed by atoms with E-state index in [1.54, 1.807) is 6.07 Å². The van der Waals surface area contributed by atoms with E-state index >= 15 is 0 Å². The van der Waals surface area contributed by atoms with E-state index in [0.29, 0.717) is 32.4 Å². The molecule has 33 heavy (non-hydrogen) atoms. The second kappa shape index (κ2) is 11.6. The smallest absolute Gasteiger partial charge is 0.254 e. The summed E-state index contributed by atoms with van der Waals surface area (Å²) < 4.78 is 14.1. The number of carbonyl (C=O) groups is 3. The van der Waals surface area contributed by atoms with Crippen molar-refractivity contribution in [2.75, 3.05) is 13.1 Å². The molecule has 0 aliphatic carbocycles. The maximum absolute atomic E-state index is 14.1. The SMILES string of the molecule is CCC(C)NC(=O)C(NC(=O)c1ccccc1F)C1CCN(C(=O)Cc2ccccc2)CC1. The highest BCUT2D eigenvalue weighted by Gasteiger charge is 2.34. The Morgan fingerprint density at radius 1 is 1.00 bits per heavy atom. The predicted octanol–water partition coefficient (Wildman–Crippen LogP) is 3.32. The summed E-state index contributed by atoms with van der Waals surface area (Å²) in [6, 6.07) is 14.5. The number of halogens is 1. The van der Waals surface area contributed by atoms with Crippen LogP contribution in [0.5, 0.6) is 0 Å².